The maximum absolute atomic E-state index is 13.0. The molecule has 1 aliphatic heterocycles. The number of hydrazone groups is 1. The lowest BCUT2D eigenvalue weighted by Gasteiger charge is -2.28. The maximum Gasteiger partial charge on any atom is 0.259 e. The van der Waals surface area contributed by atoms with Gasteiger partial charge in [0.2, 0.25) is 0 Å². The number of rotatable bonds is 7. The van der Waals surface area contributed by atoms with E-state index in [9.17, 15) is 4.79 Å². The lowest BCUT2D eigenvalue weighted by Crippen LogP contribution is -2.39. The highest BCUT2D eigenvalue weighted by molar-refractivity contribution is 6.18. The standard InChI is InChI=1S/C19H26N2O/c1-5-7-11-15(3)14-19(6-2)16(4)20-21(18(19)22)17-12-9-8-10-13-17/h8-10,12-13H,3,5-7,11,14H2,1-2,4H3. The summed E-state index contributed by atoms with van der Waals surface area (Å²) in [5, 5.41) is 6.12. The van der Waals surface area contributed by atoms with Crippen molar-refractivity contribution in [1.29, 1.82) is 0 Å². The fourth-order valence-corrected chi connectivity index (χ4v) is 3.07. The van der Waals surface area contributed by atoms with Crippen molar-refractivity contribution in [3.63, 3.8) is 0 Å². The van der Waals surface area contributed by atoms with Crippen LogP contribution < -0.4 is 5.01 Å². The number of hydrogen-bond acceptors (Lipinski definition) is 2. The molecule has 0 bridgehead atoms. The molecule has 2 rings (SSSR count). The molecular weight excluding hydrogens is 272 g/mol. The molecule has 0 saturated carbocycles. The molecule has 1 aliphatic rings. The number of allylic oxidation sites excluding steroid dienone is 1. The molecule has 1 aromatic rings. The van der Waals surface area contributed by atoms with Gasteiger partial charge in [-0.15, -0.1) is 0 Å². The highest BCUT2D eigenvalue weighted by atomic mass is 16.2. The zero-order chi connectivity index (χ0) is 16.2. The highest BCUT2D eigenvalue weighted by Gasteiger charge is 2.48. The summed E-state index contributed by atoms with van der Waals surface area (Å²) in [5.41, 5.74) is 2.38. The van der Waals surface area contributed by atoms with E-state index in [1.807, 2.05) is 37.3 Å². The number of anilines is 1. The van der Waals surface area contributed by atoms with Crippen LogP contribution in [0, 0.1) is 5.41 Å². The van der Waals surface area contributed by atoms with Crippen LogP contribution in [0.4, 0.5) is 5.69 Å². The number of benzene rings is 1. The predicted molar refractivity (Wildman–Crippen MR) is 93.0 cm³/mol. The molecule has 118 valence electrons. The first-order chi connectivity index (χ1) is 10.5. The van der Waals surface area contributed by atoms with Crippen molar-refractivity contribution in [3.8, 4) is 0 Å². The van der Waals surface area contributed by atoms with Crippen molar-refractivity contribution in [2.24, 2.45) is 10.5 Å². The minimum Gasteiger partial charge on any atom is -0.271 e. The monoisotopic (exact) mass is 298 g/mol. The summed E-state index contributed by atoms with van der Waals surface area (Å²) in [7, 11) is 0. The van der Waals surface area contributed by atoms with E-state index in [1.54, 1.807) is 5.01 Å². The Bertz CT molecular complexity index is 576. The van der Waals surface area contributed by atoms with Gasteiger partial charge in [0, 0.05) is 0 Å². The number of nitrogens with zero attached hydrogens (tertiary/aromatic N) is 2. The number of amides is 1. The van der Waals surface area contributed by atoms with Crippen LogP contribution in [0.3, 0.4) is 0 Å². The van der Waals surface area contributed by atoms with Crippen LogP contribution >= 0.6 is 0 Å². The van der Waals surface area contributed by atoms with Gasteiger partial charge in [0.25, 0.3) is 5.91 Å². The van der Waals surface area contributed by atoms with Gasteiger partial charge < -0.3 is 0 Å². The average molecular weight is 298 g/mol. The molecule has 1 aromatic carbocycles. The van der Waals surface area contributed by atoms with E-state index in [0.717, 1.165) is 42.7 Å². The smallest absolute Gasteiger partial charge is 0.259 e. The van der Waals surface area contributed by atoms with Crippen LogP contribution in [0.2, 0.25) is 0 Å². The van der Waals surface area contributed by atoms with Gasteiger partial charge >= 0.3 is 0 Å². The van der Waals surface area contributed by atoms with Crippen LogP contribution in [0.25, 0.3) is 0 Å². The van der Waals surface area contributed by atoms with E-state index < -0.39 is 5.41 Å². The summed E-state index contributed by atoms with van der Waals surface area (Å²) >= 11 is 0. The normalized spacial score (nSPS) is 21.1. The van der Waals surface area contributed by atoms with Gasteiger partial charge in [0.05, 0.1) is 16.8 Å². The second-order valence-corrected chi connectivity index (χ2v) is 6.10. The minimum absolute atomic E-state index is 0.0800. The largest absolute Gasteiger partial charge is 0.271 e. The van der Waals surface area contributed by atoms with Crippen molar-refractivity contribution < 1.29 is 4.79 Å². The molecule has 3 nitrogen and oxygen atoms in total. The Labute approximate surface area is 133 Å². The van der Waals surface area contributed by atoms with E-state index in [1.165, 1.54) is 0 Å². The van der Waals surface area contributed by atoms with E-state index in [2.05, 4.69) is 25.5 Å². The molecule has 1 amide bonds. The van der Waals surface area contributed by atoms with Crippen molar-refractivity contribution >= 4 is 17.3 Å². The minimum atomic E-state index is -0.513. The number of carbonyl (C=O) groups excluding carboxylic acids is 1. The van der Waals surface area contributed by atoms with Crippen molar-refractivity contribution in [2.75, 3.05) is 5.01 Å². The fourth-order valence-electron chi connectivity index (χ4n) is 3.07. The molecule has 0 N–H and O–H groups in total. The molecule has 3 heteroatoms. The molecule has 0 aliphatic carbocycles. The Morgan fingerprint density at radius 3 is 2.55 bits per heavy atom. The van der Waals surface area contributed by atoms with Gasteiger partial charge in [0.15, 0.2) is 0 Å². The predicted octanol–water partition coefficient (Wildman–Crippen LogP) is 4.94. The van der Waals surface area contributed by atoms with Gasteiger partial charge in [-0.3, -0.25) is 4.79 Å². The fraction of sp³-hybridized carbons (Fsp3) is 0.474. The molecule has 0 radical (unpaired) electrons. The molecule has 1 unspecified atom stereocenters. The van der Waals surface area contributed by atoms with Crippen LogP contribution in [0.5, 0.6) is 0 Å². The lowest BCUT2D eigenvalue weighted by atomic mass is 9.74. The molecule has 0 spiro atoms. The quantitative estimate of drug-likeness (QED) is 0.656. The summed E-state index contributed by atoms with van der Waals surface area (Å²) in [4.78, 5) is 13.0. The van der Waals surface area contributed by atoms with Gasteiger partial charge in [-0.05, 0) is 44.7 Å². The number of carbonyl (C=O) groups is 1. The Morgan fingerprint density at radius 2 is 1.95 bits per heavy atom. The topological polar surface area (TPSA) is 32.7 Å². The van der Waals surface area contributed by atoms with Gasteiger partial charge in [-0.1, -0.05) is 50.6 Å². The summed E-state index contributed by atoms with van der Waals surface area (Å²) in [6.45, 7) is 10.4. The van der Waals surface area contributed by atoms with Gasteiger partial charge in [-0.25, -0.2) is 0 Å². The molecule has 0 saturated heterocycles. The summed E-state index contributed by atoms with van der Waals surface area (Å²) in [5.74, 6) is 0.0800. The van der Waals surface area contributed by atoms with Gasteiger partial charge in [-0.2, -0.15) is 10.1 Å². The van der Waals surface area contributed by atoms with Crippen molar-refractivity contribution in [3.05, 3.63) is 42.5 Å². The highest BCUT2D eigenvalue weighted by Crippen LogP contribution is 2.41. The first kappa shape index (κ1) is 16.5. The zero-order valence-electron chi connectivity index (χ0n) is 13.9. The molecule has 0 fully saturated rings. The van der Waals surface area contributed by atoms with Crippen LogP contribution in [0.1, 0.15) is 52.9 Å². The van der Waals surface area contributed by atoms with Crippen LogP contribution in [-0.4, -0.2) is 11.6 Å². The van der Waals surface area contributed by atoms with E-state index in [-0.39, 0.29) is 5.91 Å². The first-order valence-electron chi connectivity index (χ1n) is 8.17. The second-order valence-electron chi connectivity index (χ2n) is 6.10. The van der Waals surface area contributed by atoms with E-state index in [4.69, 9.17) is 0 Å². The second kappa shape index (κ2) is 6.91. The van der Waals surface area contributed by atoms with Crippen molar-refractivity contribution in [2.45, 2.75) is 52.9 Å². The Balaban J connectivity index is 2.24. The molecular formula is C19H26N2O. The van der Waals surface area contributed by atoms with Crippen molar-refractivity contribution in [1.82, 2.24) is 0 Å². The molecule has 1 heterocycles. The lowest BCUT2D eigenvalue weighted by molar-refractivity contribution is -0.124. The molecule has 0 aromatic heterocycles. The van der Waals surface area contributed by atoms with E-state index in [0.29, 0.717) is 6.42 Å². The number of hydrogen-bond donors (Lipinski definition) is 0. The Morgan fingerprint density at radius 1 is 1.27 bits per heavy atom. The SMILES string of the molecule is C=C(CCCC)CC1(CC)C(=O)N(c2ccccc2)N=C1C. The summed E-state index contributed by atoms with van der Waals surface area (Å²) in [6, 6.07) is 9.65. The third-order valence-corrected chi connectivity index (χ3v) is 4.58. The van der Waals surface area contributed by atoms with E-state index >= 15 is 0 Å². The Hall–Kier alpha value is -1.90. The third kappa shape index (κ3) is 2.99. The molecule has 1 atom stereocenters. The number of unbranched alkanes of at least 4 members (excludes halogenated alkanes) is 1. The first-order valence-corrected chi connectivity index (χ1v) is 8.17. The average Bonchev–Trinajstić information content (AvgIpc) is 2.78. The zero-order valence-corrected chi connectivity index (χ0v) is 13.9. The summed E-state index contributed by atoms with van der Waals surface area (Å²) in [6.07, 6.45) is 4.74. The van der Waals surface area contributed by atoms with Gasteiger partial charge in [0.1, 0.15) is 0 Å². The van der Waals surface area contributed by atoms with Crippen LogP contribution in [0.15, 0.2) is 47.6 Å². The van der Waals surface area contributed by atoms with Crippen LogP contribution in [-0.2, 0) is 4.79 Å². The summed E-state index contributed by atoms with van der Waals surface area (Å²) < 4.78 is 0. The number of para-hydroxylation sites is 1. The third-order valence-electron chi connectivity index (χ3n) is 4.58. The molecule has 22 heavy (non-hydrogen) atoms. The maximum atomic E-state index is 13.0. The Kier molecular flexibility index (Phi) is 5.17.